The summed E-state index contributed by atoms with van der Waals surface area (Å²) in [6.45, 7) is 15.9. The van der Waals surface area contributed by atoms with Crippen molar-refractivity contribution in [2.45, 2.75) is 98.6 Å². The van der Waals surface area contributed by atoms with Gasteiger partial charge >= 0.3 is 0 Å². The summed E-state index contributed by atoms with van der Waals surface area (Å²) in [6, 6.07) is 0. The fourth-order valence-electron chi connectivity index (χ4n) is 3.28. The molecule has 0 aromatic heterocycles. The number of hydrogen-bond donors (Lipinski definition) is 0. The maximum atomic E-state index is 2.55. The standard InChI is InChI=1S/C21H44N2/c1-6-11-12-13-14-15-16-17-18-19-20-21(22(7-2)8-3)23(9-4)10-5/h19-21H,6-18H2,1-5H3. The second-order valence-electron chi connectivity index (χ2n) is 6.55. The smallest absolute Gasteiger partial charge is 0.0814 e. The maximum Gasteiger partial charge on any atom is 0.0814 e. The van der Waals surface area contributed by atoms with Crippen LogP contribution in [0.15, 0.2) is 12.2 Å². The summed E-state index contributed by atoms with van der Waals surface area (Å²) in [4.78, 5) is 5.11. The molecule has 0 unspecified atom stereocenters. The summed E-state index contributed by atoms with van der Waals surface area (Å²) in [5.74, 6) is 0. The topological polar surface area (TPSA) is 6.48 Å². The predicted molar refractivity (Wildman–Crippen MR) is 106 cm³/mol. The van der Waals surface area contributed by atoms with Crippen molar-refractivity contribution in [1.82, 2.24) is 9.80 Å². The van der Waals surface area contributed by atoms with E-state index >= 15 is 0 Å². The number of hydrogen-bond acceptors (Lipinski definition) is 2. The number of rotatable bonds is 16. The average Bonchev–Trinajstić information content (AvgIpc) is 2.58. The maximum absolute atomic E-state index is 2.55. The largest absolute Gasteiger partial charge is 0.285 e. The summed E-state index contributed by atoms with van der Waals surface area (Å²) in [5, 5.41) is 0. The van der Waals surface area contributed by atoms with E-state index in [1.807, 2.05) is 0 Å². The highest BCUT2D eigenvalue weighted by atomic mass is 15.3. The van der Waals surface area contributed by atoms with E-state index in [-0.39, 0.29) is 0 Å². The third-order valence-corrected chi connectivity index (χ3v) is 4.91. The molecular weight excluding hydrogens is 280 g/mol. The third-order valence-electron chi connectivity index (χ3n) is 4.91. The molecule has 0 bridgehead atoms. The van der Waals surface area contributed by atoms with Crippen molar-refractivity contribution in [2.75, 3.05) is 26.2 Å². The Balaban J connectivity index is 4.01. The van der Waals surface area contributed by atoms with Crippen molar-refractivity contribution in [1.29, 1.82) is 0 Å². The zero-order valence-corrected chi connectivity index (χ0v) is 16.8. The van der Waals surface area contributed by atoms with Gasteiger partial charge in [-0.15, -0.1) is 0 Å². The van der Waals surface area contributed by atoms with E-state index in [1.54, 1.807) is 0 Å². The number of likely N-dealkylation sites (N-methyl/N-ethyl adjacent to an activating group) is 2. The molecule has 0 fully saturated rings. The molecule has 0 aliphatic rings. The first-order chi connectivity index (χ1) is 11.2. The molecule has 0 aliphatic heterocycles. The number of allylic oxidation sites excluding steroid dienone is 1. The lowest BCUT2D eigenvalue weighted by Gasteiger charge is -2.36. The number of nitrogens with zero attached hydrogens (tertiary/aromatic N) is 2. The van der Waals surface area contributed by atoms with Gasteiger partial charge in [0.15, 0.2) is 0 Å². The average molecular weight is 325 g/mol. The normalized spacial score (nSPS) is 12.3. The van der Waals surface area contributed by atoms with Gasteiger partial charge in [0, 0.05) is 0 Å². The molecule has 0 radical (unpaired) electrons. The summed E-state index contributed by atoms with van der Waals surface area (Å²) in [5.41, 5.74) is 0. The molecule has 0 heterocycles. The Kier molecular flexibility index (Phi) is 16.3. The van der Waals surface area contributed by atoms with Crippen LogP contribution in [0, 0.1) is 0 Å². The van der Waals surface area contributed by atoms with Gasteiger partial charge in [0.25, 0.3) is 0 Å². The molecule has 0 spiro atoms. The molecule has 138 valence electrons. The van der Waals surface area contributed by atoms with Gasteiger partial charge in [-0.1, -0.05) is 91.7 Å². The molecule has 0 rings (SSSR count). The Hall–Kier alpha value is -0.340. The molecular formula is C21H44N2. The monoisotopic (exact) mass is 324 g/mol. The van der Waals surface area contributed by atoms with Gasteiger partial charge in [-0.2, -0.15) is 0 Å². The van der Waals surface area contributed by atoms with E-state index in [4.69, 9.17) is 0 Å². The summed E-state index contributed by atoms with van der Waals surface area (Å²) in [6.07, 6.45) is 17.9. The fourth-order valence-corrected chi connectivity index (χ4v) is 3.28. The van der Waals surface area contributed by atoms with E-state index in [2.05, 4.69) is 56.6 Å². The highest BCUT2D eigenvalue weighted by molar-refractivity contribution is 4.94. The Bertz CT molecular complexity index is 243. The van der Waals surface area contributed by atoms with E-state index in [0.717, 1.165) is 26.2 Å². The van der Waals surface area contributed by atoms with Crippen LogP contribution in [0.3, 0.4) is 0 Å². The molecule has 0 saturated carbocycles. The predicted octanol–water partition coefficient (Wildman–Crippen LogP) is 6.08. The Labute approximate surface area is 147 Å². The molecule has 0 saturated heterocycles. The second-order valence-corrected chi connectivity index (χ2v) is 6.55. The highest BCUT2D eigenvalue weighted by Gasteiger charge is 2.17. The first-order valence-electron chi connectivity index (χ1n) is 10.4. The Morgan fingerprint density at radius 3 is 1.48 bits per heavy atom. The quantitative estimate of drug-likeness (QED) is 0.193. The van der Waals surface area contributed by atoms with Crippen LogP contribution in [0.2, 0.25) is 0 Å². The minimum atomic E-state index is 0.481. The van der Waals surface area contributed by atoms with Crippen molar-refractivity contribution in [3.05, 3.63) is 12.2 Å². The SMILES string of the molecule is CCCCCCCCCCC=CC(N(CC)CC)N(CC)CC. The van der Waals surface area contributed by atoms with Crippen LogP contribution in [0.5, 0.6) is 0 Å². The van der Waals surface area contributed by atoms with Crippen LogP contribution in [0.25, 0.3) is 0 Å². The lowest BCUT2D eigenvalue weighted by Crippen LogP contribution is -2.47. The van der Waals surface area contributed by atoms with Crippen molar-refractivity contribution < 1.29 is 0 Å². The van der Waals surface area contributed by atoms with Gasteiger partial charge in [-0.25, -0.2) is 0 Å². The summed E-state index contributed by atoms with van der Waals surface area (Å²) >= 11 is 0. The van der Waals surface area contributed by atoms with Crippen molar-refractivity contribution in [3.63, 3.8) is 0 Å². The summed E-state index contributed by atoms with van der Waals surface area (Å²) < 4.78 is 0. The van der Waals surface area contributed by atoms with E-state index in [0.29, 0.717) is 6.17 Å². The second kappa shape index (κ2) is 16.5. The van der Waals surface area contributed by atoms with Crippen molar-refractivity contribution >= 4 is 0 Å². The highest BCUT2D eigenvalue weighted by Crippen LogP contribution is 2.12. The minimum Gasteiger partial charge on any atom is -0.285 e. The van der Waals surface area contributed by atoms with E-state index < -0.39 is 0 Å². The number of unbranched alkanes of at least 4 members (excludes halogenated alkanes) is 8. The van der Waals surface area contributed by atoms with Gasteiger partial charge < -0.3 is 0 Å². The minimum absolute atomic E-state index is 0.481. The van der Waals surface area contributed by atoms with Gasteiger partial charge in [0.1, 0.15) is 0 Å². The van der Waals surface area contributed by atoms with E-state index in [9.17, 15) is 0 Å². The Morgan fingerprint density at radius 1 is 0.609 bits per heavy atom. The van der Waals surface area contributed by atoms with Gasteiger partial charge in [-0.05, 0) is 39.0 Å². The molecule has 0 atom stereocenters. The molecule has 0 amide bonds. The van der Waals surface area contributed by atoms with Crippen LogP contribution in [-0.4, -0.2) is 42.1 Å². The van der Waals surface area contributed by atoms with Crippen LogP contribution >= 0.6 is 0 Å². The zero-order valence-electron chi connectivity index (χ0n) is 16.8. The molecule has 2 heteroatoms. The van der Waals surface area contributed by atoms with Crippen LogP contribution in [0.1, 0.15) is 92.4 Å². The molecule has 0 aliphatic carbocycles. The molecule has 0 N–H and O–H groups in total. The van der Waals surface area contributed by atoms with Crippen LogP contribution in [-0.2, 0) is 0 Å². The van der Waals surface area contributed by atoms with Gasteiger partial charge in [0.05, 0.1) is 6.17 Å². The first-order valence-corrected chi connectivity index (χ1v) is 10.4. The Morgan fingerprint density at radius 2 is 1.04 bits per heavy atom. The molecule has 23 heavy (non-hydrogen) atoms. The molecule has 0 aromatic rings. The van der Waals surface area contributed by atoms with Crippen LogP contribution < -0.4 is 0 Å². The van der Waals surface area contributed by atoms with Crippen LogP contribution in [0.4, 0.5) is 0 Å². The van der Waals surface area contributed by atoms with Crippen molar-refractivity contribution in [2.24, 2.45) is 0 Å². The molecule has 2 nitrogen and oxygen atoms in total. The van der Waals surface area contributed by atoms with Crippen molar-refractivity contribution in [3.8, 4) is 0 Å². The zero-order chi connectivity index (χ0) is 17.3. The van der Waals surface area contributed by atoms with Gasteiger partial charge in [-0.3, -0.25) is 9.80 Å². The third kappa shape index (κ3) is 10.9. The summed E-state index contributed by atoms with van der Waals surface area (Å²) in [7, 11) is 0. The first kappa shape index (κ1) is 22.7. The lowest BCUT2D eigenvalue weighted by atomic mass is 10.1. The molecule has 0 aromatic carbocycles. The van der Waals surface area contributed by atoms with Gasteiger partial charge in [0.2, 0.25) is 0 Å². The fraction of sp³-hybridized carbons (Fsp3) is 0.905. The van der Waals surface area contributed by atoms with E-state index in [1.165, 1.54) is 57.8 Å². The lowest BCUT2D eigenvalue weighted by molar-refractivity contribution is 0.0925.